The maximum Gasteiger partial charge on any atom is 0.307 e. The normalized spacial score (nSPS) is 16.6. The van der Waals surface area contributed by atoms with Crippen LogP contribution in [0.5, 0.6) is 0 Å². The number of piperidine rings is 1. The van der Waals surface area contributed by atoms with Crippen LogP contribution in [0.25, 0.3) is 0 Å². The molecule has 1 fully saturated rings. The molecule has 18 heavy (non-hydrogen) atoms. The summed E-state index contributed by atoms with van der Waals surface area (Å²) in [6.07, 6.45) is 1.59. The monoisotopic (exact) mass is 257 g/mol. The van der Waals surface area contributed by atoms with Crippen molar-refractivity contribution in [2.75, 3.05) is 18.4 Å². The predicted molar refractivity (Wildman–Crippen MR) is 62.5 cm³/mol. The van der Waals surface area contributed by atoms with Crippen molar-refractivity contribution in [1.29, 1.82) is 0 Å². The quantitative estimate of drug-likeness (QED) is 0.642. The summed E-state index contributed by atoms with van der Waals surface area (Å²) < 4.78 is 26.6. The topological polar surface area (TPSA) is 67.2 Å². The molecule has 0 spiro atoms. The van der Waals surface area contributed by atoms with Crippen LogP contribution in [0.1, 0.15) is 12.8 Å². The van der Waals surface area contributed by atoms with Gasteiger partial charge in [-0.15, -0.1) is 0 Å². The predicted octanol–water partition coefficient (Wildman–Crippen LogP) is 2.04. The highest BCUT2D eigenvalue weighted by molar-refractivity contribution is 5.53. The van der Waals surface area contributed by atoms with Gasteiger partial charge in [-0.05, 0) is 25.9 Å². The van der Waals surface area contributed by atoms with Crippen LogP contribution in [0.3, 0.4) is 0 Å². The third kappa shape index (κ3) is 2.73. The smallest absolute Gasteiger partial charge is 0.307 e. The van der Waals surface area contributed by atoms with Gasteiger partial charge in [-0.25, -0.2) is 4.39 Å². The second-order valence-electron chi connectivity index (χ2n) is 4.21. The van der Waals surface area contributed by atoms with Crippen LogP contribution >= 0.6 is 0 Å². The molecule has 0 radical (unpaired) electrons. The molecule has 0 bridgehead atoms. The van der Waals surface area contributed by atoms with Crippen molar-refractivity contribution in [2.24, 2.45) is 0 Å². The maximum atomic E-state index is 13.5. The van der Waals surface area contributed by atoms with Crippen molar-refractivity contribution in [2.45, 2.75) is 18.9 Å². The van der Waals surface area contributed by atoms with Gasteiger partial charge in [-0.1, -0.05) is 0 Å². The molecule has 1 heterocycles. The molecule has 98 valence electrons. The minimum absolute atomic E-state index is 0.0185. The Labute approximate surface area is 102 Å². The molecule has 1 aliphatic rings. The van der Waals surface area contributed by atoms with Crippen molar-refractivity contribution in [3.8, 4) is 0 Å². The highest BCUT2D eigenvalue weighted by Crippen LogP contribution is 2.26. The van der Waals surface area contributed by atoms with Gasteiger partial charge in [0.15, 0.2) is 0 Å². The van der Waals surface area contributed by atoms with Gasteiger partial charge in [0.1, 0.15) is 5.82 Å². The van der Waals surface area contributed by atoms with Crippen LogP contribution < -0.4 is 10.6 Å². The number of anilines is 1. The highest BCUT2D eigenvalue weighted by atomic mass is 19.1. The van der Waals surface area contributed by atoms with Gasteiger partial charge >= 0.3 is 5.69 Å². The molecule has 0 aromatic heterocycles. The molecule has 0 unspecified atom stereocenters. The first-order chi connectivity index (χ1) is 8.58. The largest absolute Gasteiger partial charge is 0.380 e. The molecule has 1 saturated heterocycles. The van der Waals surface area contributed by atoms with E-state index in [9.17, 15) is 18.9 Å². The van der Waals surface area contributed by atoms with E-state index < -0.39 is 22.2 Å². The van der Waals surface area contributed by atoms with Gasteiger partial charge in [0.2, 0.25) is 5.82 Å². The second-order valence-corrected chi connectivity index (χ2v) is 4.21. The molecule has 0 atom stereocenters. The van der Waals surface area contributed by atoms with Gasteiger partial charge < -0.3 is 10.6 Å². The van der Waals surface area contributed by atoms with Crippen LogP contribution in [0.2, 0.25) is 0 Å². The SMILES string of the molecule is O=[N+]([O-])c1cc(NC2CCNCC2)c(F)cc1F. The van der Waals surface area contributed by atoms with E-state index in [0.717, 1.165) is 32.0 Å². The lowest BCUT2D eigenvalue weighted by Crippen LogP contribution is -2.35. The Hall–Kier alpha value is -1.76. The number of nitro benzene ring substituents is 1. The third-order valence-electron chi connectivity index (χ3n) is 2.93. The van der Waals surface area contributed by atoms with Gasteiger partial charge in [0.05, 0.1) is 10.6 Å². The Morgan fingerprint density at radius 2 is 1.94 bits per heavy atom. The van der Waals surface area contributed by atoms with Crippen molar-refractivity contribution in [3.05, 3.63) is 33.9 Å². The van der Waals surface area contributed by atoms with E-state index in [1.54, 1.807) is 0 Å². The molecule has 1 aromatic carbocycles. The summed E-state index contributed by atoms with van der Waals surface area (Å²) in [5.41, 5.74) is -0.733. The standard InChI is InChI=1S/C11H13F2N3O2/c12-8-5-9(13)11(16(17)18)6-10(8)15-7-1-3-14-4-2-7/h5-7,14-15H,1-4H2. The molecule has 2 N–H and O–H groups in total. The number of nitrogens with one attached hydrogen (secondary N) is 2. The van der Waals surface area contributed by atoms with Crippen molar-refractivity contribution in [3.63, 3.8) is 0 Å². The lowest BCUT2D eigenvalue weighted by molar-refractivity contribution is -0.387. The average molecular weight is 257 g/mol. The molecule has 0 saturated carbocycles. The lowest BCUT2D eigenvalue weighted by Gasteiger charge is -2.24. The summed E-state index contributed by atoms with van der Waals surface area (Å²) in [6.45, 7) is 1.62. The van der Waals surface area contributed by atoms with Crippen molar-refractivity contribution < 1.29 is 13.7 Å². The summed E-state index contributed by atoms with van der Waals surface area (Å²) in [7, 11) is 0. The number of nitrogens with zero attached hydrogens (tertiary/aromatic N) is 1. The Bertz CT molecular complexity index is 462. The van der Waals surface area contributed by atoms with E-state index in [1.807, 2.05) is 0 Å². The van der Waals surface area contributed by atoms with Crippen LogP contribution in [-0.4, -0.2) is 24.1 Å². The summed E-state index contributed by atoms with van der Waals surface area (Å²) in [4.78, 5) is 9.72. The van der Waals surface area contributed by atoms with Gasteiger partial charge in [-0.3, -0.25) is 10.1 Å². The number of hydrogen-bond acceptors (Lipinski definition) is 4. The molecule has 1 aromatic rings. The van der Waals surface area contributed by atoms with Gasteiger partial charge in [-0.2, -0.15) is 4.39 Å². The lowest BCUT2D eigenvalue weighted by atomic mass is 10.1. The first kappa shape index (κ1) is 12.7. The molecule has 0 amide bonds. The van der Waals surface area contributed by atoms with E-state index in [-0.39, 0.29) is 11.7 Å². The van der Waals surface area contributed by atoms with Gasteiger partial charge in [0.25, 0.3) is 0 Å². The fraction of sp³-hybridized carbons (Fsp3) is 0.455. The van der Waals surface area contributed by atoms with E-state index in [2.05, 4.69) is 10.6 Å². The fourth-order valence-electron chi connectivity index (χ4n) is 1.97. The highest BCUT2D eigenvalue weighted by Gasteiger charge is 2.21. The summed E-state index contributed by atoms with van der Waals surface area (Å²) in [6, 6.07) is 1.50. The number of nitro groups is 1. The van der Waals surface area contributed by atoms with E-state index >= 15 is 0 Å². The number of rotatable bonds is 3. The Morgan fingerprint density at radius 1 is 1.28 bits per heavy atom. The molecule has 1 aliphatic heterocycles. The summed E-state index contributed by atoms with van der Waals surface area (Å²) >= 11 is 0. The molecule has 5 nitrogen and oxygen atoms in total. The van der Waals surface area contributed by atoms with Crippen molar-refractivity contribution >= 4 is 11.4 Å². The average Bonchev–Trinajstić information content (AvgIpc) is 2.33. The summed E-state index contributed by atoms with van der Waals surface area (Å²) in [5, 5.41) is 16.6. The maximum absolute atomic E-state index is 13.5. The first-order valence-electron chi connectivity index (χ1n) is 5.68. The molecule has 2 rings (SSSR count). The minimum atomic E-state index is -1.16. The zero-order valence-electron chi connectivity index (χ0n) is 9.58. The van der Waals surface area contributed by atoms with Crippen LogP contribution in [0, 0.1) is 21.7 Å². The molecular formula is C11H13F2N3O2. The number of hydrogen-bond donors (Lipinski definition) is 2. The summed E-state index contributed by atoms with van der Waals surface area (Å²) in [5.74, 6) is -1.97. The van der Waals surface area contributed by atoms with E-state index in [4.69, 9.17) is 0 Å². The molecular weight excluding hydrogens is 244 g/mol. The number of halogens is 2. The van der Waals surface area contributed by atoms with E-state index in [0.29, 0.717) is 6.07 Å². The van der Waals surface area contributed by atoms with Gasteiger partial charge in [0, 0.05) is 18.2 Å². The van der Waals surface area contributed by atoms with Crippen LogP contribution in [0.4, 0.5) is 20.2 Å². The third-order valence-corrected chi connectivity index (χ3v) is 2.93. The first-order valence-corrected chi connectivity index (χ1v) is 5.68. The second kappa shape index (κ2) is 5.26. The fourth-order valence-corrected chi connectivity index (χ4v) is 1.97. The van der Waals surface area contributed by atoms with Crippen molar-refractivity contribution in [1.82, 2.24) is 5.32 Å². The Balaban J connectivity index is 2.21. The van der Waals surface area contributed by atoms with E-state index in [1.165, 1.54) is 0 Å². The zero-order chi connectivity index (χ0) is 13.1. The zero-order valence-corrected chi connectivity index (χ0v) is 9.58. The Kier molecular flexibility index (Phi) is 3.71. The van der Waals surface area contributed by atoms with Crippen LogP contribution in [-0.2, 0) is 0 Å². The number of benzene rings is 1. The minimum Gasteiger partial charge on any atom is -0.380 e. The van der Waals surface area contributed by atoms with Crippen LogP contribution in [0.15, 0.2) is 12.1 Å². The molecule has 0 aliphatic carbocycles. The molecule has 7 heteroatoms. The Morgan fingerprint density at radius 3 is 2.56 bits per heavy atom.